The van der Waals surface area contributed by atoms with Crippen LogP contribution in [0.15, 0.2) is 53.5 Å². The number of nitrogens with zero attached hydrogens (tertiary/aromatic N) is 1. The van der Waals surface area contributed by atoms with E-state index in [9.17, 15) is 5.11 Å². The molecule has 1 aliphatic heterocycles. The second-order valence-corrected chi connectivity index (χ2v) is 7.16. The van der Waals surface area contributed by atoms with Crippen LogP contribution >= 0.6 is 24.0 Å². The molecule has 0 aromatic heterocycles. The molecule has 1 atom stereocenters. The number of hydrogen-bond donors (Lipinski definition) is 3. The largest absolute Gasteiger partial charge is 0.508 e. The molecule has 0 spiro atoms. The summed E-state index contributed by atoms with van der Waals surface area (Å²) in [4.78, 5) is 4.70. The molecule has 1 heterocycles. The summed E-state index contributed by atoms with van der Waals surface area (Å²) in [5, 5.41) is 16.3. The topological polar surface area (TPSA) is 65.9 Å². The number of ether oxygens (including phenoxy) is 1. The van der Waals surface area contributed by atoms with E-state index in [0.717, 1.165) is 35.8 Å². The summed E-state index contributed by atoms with van der Waals surface area (Å²) in [5.41, 5.74) is 1.97. The minimum Gasteiger partial charge on any atom is -0.508 e. The number of benzene rings is 2. The minimum absolute atomic E-state index is 0. The van der Waals surface area contributed by atoms with Crippen LogP contribution in [0.4, 0.5) is 0 Å². The highest BCUT2D eigenvalue weighted by molar-refractivity contribution is 14.0. The minimum atomic E-state index is -0.236. The Labute approximate surface area is 178 Å². The number of aromatic hydroxyl groups is 1. The molecule has 2 aromatic rings. The van der Waals surface area contributed by atoms with E-state index in [1.165, 1.54) is 0 Å². The van der Waals surface area contributed by atoms with Gasteiger partial charge in [0.25, 0.3) is 0 Å². The highest BCUT2D eigenvalue weighted by Crippen LogP contribution is 2.39. The zero-order chi connectivity index (χ0) is 18.6. The molecule has 6 heteroatoms. The van der Waals surface area contributed by atoms with Gasteiger partial charge in [-0.1, -0.05) is 30.3 Å². The van der Waals surface area contributed by atoms with Crippen LogP contribution in [0.2, 0.25) is 0 Å². The fraction of sp³-hybridized carbons (Fsp3) is 0.381. The first kappa shape index (κ1) is 21.3. The van der Waals surface area contributed by atoms with Crippen molar-refractivity contribution in [1.29, 1.82) is 0 Å². The third kappa shape index (κ3) is 5.76. The second-order valence-electron chi connectivity index (χ2n) is 7.16. The first-order valence-electron chi connectivity index (χ1n) is 9.07. The number of phenolic OH excluding ortho intramolecular Hbond substituents is 1. The number of fused-ring (bicyclic) bond motifs is 1. The van der Waals surface area contributed by atoms with Gasteiger partial charge in [0.2, 0.25) is 0 Å². The Bertz CT molecular complexity index is 775. The molecular weight excluding hydrogens is 453 g/mol. The number of aliphatic imine (C=N–C) groups is 1. The summed E-state index contributed by atoms with van der Waals surface area (Å²) in [6, 6.07) is 15.4. The number of halogens is 1. The molecule has 5 nitrogen and oxygen atoms in total. The van der Waals surface area contributed by atoms with Gasteiger partial charge in [-0.15, -0.1) is 24.0 Å². The van der Waals surface area contributed by atoms with Crippen LogP contribution in [0.3, 0.4) is 0 Å². The van der Waals surface area contributed by atoms with Crippen LogP contribution in [0.25, 0.3) is 0 Å². The fourth-order valence-electron chi connectivity index (χ4n) is 3.19. The lowest BCUT2D eigenvalue weighted by Crippen LogP contribution is -2.45. The van der Waals surface area contributed by atoms with E-state index in [4.69, 9.17) is 9.73 Å². The summed E-state index contributed by atoms with van der Waals surface area (Å²) in [6.45, 7) is 7.61. The SMILES string of the molecule is CCNC(=NCc1ccc(O)cc1)NC1CC(C)(C)Oc2ccccc21.I. The monoisotopic (exact) mass is 481 g/mol. The predicted molar refractivity (Wildman–Crippen MR) is 120 cm³/mol. The van der Waals surface area contributed by atoms with Gasteiger partial charge in [0.05, 0.1) is 12.6 Å². The van der Waals surface area contributed by atoms with E-state index < -0.39 is 0 Å². The molecule has 0 radical (unpaired) electrons. The number of rotatable bonds is 4. The van der Waals surface area contributed by atoms with Crippen molar-refractivity contribution in [1.82, 2.24) is 10.6 Å². The first-order chi connectivity index (χ1) is 12.5. The third-order valence-corrected chi connectivity index (χ3v) is 4.39. The molecule has 0 aliphatic carbocycles. The molecule has 27 heavy (non-hydrogen) atoms. The second kappa shape index (κ2) is 9.30. The molecule has 0 fully saturated rings. The first-order valence-corrected chi connectivity index (χ1v) is 9.07. The number of hydrogen-bond acceptors (Lipinski definition) is 3. The summed E-state index contributed by atoms with van der Waals surface area (Å²) in [7, 11) is 0. The van der Waals surface area contributed by atoms with Crippen molar-refractivity contribution in [3.05, 3.63) is 59.7 Å². The van der Waals surface area contributed by atoms with Crippen LogP contribution in [-0.2, 0) is 6.54 Å². The standard InChI is InChI=1S/C21H27N3O2.HI/c1-4-22-20(23-14-15-9-11-16(25)12-10-15)24-18-13-21(2,3)26-19-8-6-5-7-17(18)19;/h5-12,18,25H,4,13-14H2,1-3H3,(H2,22,23,24);1H. The van der Waals surface area contributed by atoms with Crippen molar-refractivity contribution in [2.24, 2.45) is 4.99 Å². The number of phenols is 1. The van der Waals surface area contributed by atoms with E-state index in [1.54, 1.807) is 12.1 Å². The van der Waals surface area contributed by atoms with Crippen LogP contribution in [0.5, 0.6) is 11.5 Å². The molecule has 0 amide bonds. The summed E-state index contributed by atoms with van der Waals surface area (Å²) in [5.74, 6) is 1.97. The van der Waals surface area contributed by atoms with Gasteiger partial charge in [-0.2, -0.15) is 0 Å². The maximum Gasteiger partial charge on any atom is 0.192 e. The van der Waals surface area contributed by atoms with Gasteiger partial charge in [-0.3, -0.25) is 0 Å². The van der Waals surface area contributed by atoms with Crippen molar-refractivity contribution in [2.75, 3.05) is 6.54 Å². The van der Waals surface area contributed by atoms with Gasteiger partial charge in [-0.05, 0) is 44.5 Å². The Morgan fingerprint density at radius 3 is 2.59 bits per heavy atom. The van der Waals surface area contributed by atoms with Gasteiger partial charge in [0.1, 0.15) is 17.1 Å². The van der Waals surface area contributed by atoms with Gasteiger partial charge in [0, 0.05) is 18.5 Å². The average molecular weight is 481 g/mol. The van der Waals surface area contributed by atoms with Crippen molar-refractivity contribution in [3.63, 3.8) is 0 Å². The Kier molecular flexibility index (Phi) is 7.35. The molecule has 1 aliphatic rings. The van der Waals surface area contributed by atoms with Crippen molar-refractivity contribution in [3.8, 4) is 11.5 Å². The van der Waals surface area contributed by atoms with Crippen LogP contribution in [0, 0.1) is 0 Å². The number of para-hydroxylation sites is 1. The highest BCUT2D eigenvalue weighted by atomic mass is 127. The van der Waals surface area contributed by atoms with Crippen LogP contribution in [-0.4, -0.2) is 23.2 Å². The molecule has 1 unspecified atom stereocenters. The molecule has 3 N–H and O–H groups in total. The molecule has 0 saturated carbocycles. The Morgan fingerprint density at radius 1 is 1.19 bits per heavy atom. The van der Waals surface area contributed by atoms with E-state index in [-0.39, 0.29) is 41.4 Å². The normalized spacial score (nSPS) is 17.9. The fourth-order valence-corrected chi connectivity index (χ4v) is 3.19. The maximum absolute atomic E-state index is 9.40. The Hall–Kier alpha value is -1.96. The molecule has 0 bridgehead atoms. The van der Waals surface area contributed by atoms with Crippen molar-refractivity contribution in [2.45, 2.75) is 45.4 Å². The highest BCUT2D eigenvalue weighted by Gasteiger charge is 2.33. The van der Waals surface area contributed by atoms with Crippen molar-refractivity contribution >= 4 is 29.9 Å². The smallest absolute Gasteiger partial charge is 0.192 e. The molecule has 3 rings (SSSR count). The van der Waals surface area contributed by atoms with Gasteiger partial charge >= 0.3 is 0 Å². The summed E-state index contributed by atoms with van der Waals surface area (Å²) < 4.78 is 6.11. The predicted octanol–water partition coefficient (Wildman–Crippen LogP) is 4.37. The zero-order valence-electron chi connectivity index (χ0n) is 16.0. The van der Waals surface area contributed by atoms with E-state index in [0.29, 0.717) is 6.54 Å². The quantitative estimate of drug-likeness (QED) is 0.345. The molecule has 2 aromatic carbocycles. The van der Waals surface area contributed by atoms with Gasteiger partial charge in [-0.25, -0.2) is 4.99 Å². The maximum atomic E-state index is 9.40. The lowest BCUT2D eigenvalue weighted by atomic mass is 9.90. The van der Waals surface area contributed by atoms with E-state index in [1.807, 2.05) is 30.3 Å². The zero-order valence-corrected chi connectivity index (χ0v) is 18.4. The Balaban J connectivity index is 0.00000261. The van der Waals surface area contributed by atoms with Gasteiger partial charge < -0.3 is 20.5 Å². The third-order valence-electron chi connectivity index (χ3n) is 4.39. The van der Waals surface area contributed by atoms with Crippen LogP contribution < -0.4 is 15.4 Å². The molecule has 0 saturated heterocycles. The van der Waals surface area contributed by atoms with E-state index >= 15 is 0 Å². The lowest BCUT2D eigenvalue weighted by Gasteiger charge is -2.38. The average Bonchev–Trinajstić information content (AvgIpc) is 2.60. The summed E-state index contributed by atoms with van der Waals surface area (Å²) in [6.07, 6.45) is 0.855. The molecule has 146 valence electrons. The number of guanidine groups is 1. The summed E-state index contributed by atoms with van der Waals surface area (Å²) >= 11 is 0. The number of nitrogens with one attached hydrogen (secondary N) is 2. The molecular formula is C21H28IN3O2. The lowest BCUT2D eigenvalue weighted by molar-refractivity contribution is 0.0694. The Morgan fingerprint density at radius 2 is 1.89 bits per heavy atom. The van der Waals surface area contributed by atoms with Crippen molar-refractivity contribution < 1.29 is 9.84 Å². The van der Waals surface area contributed by atoms with Crippen LogP contribution in [0.1, 0.15) is 44.4 Å². The van der Waals surface area contributed by atoms with Gasteiger partial charge in [0.15, 0.2) is 5.96 Å². The van der Waals surface area contributed by atoms with E-state index in [2.05, 4.69) is 37.5 Å².